The summed E-state index contributed by atoms with van der Waals surface area (Å²) in [5.74, 6) is 0.932. The maximum absolute atomic E-state index is 5.97. The van der Waals surface area contributed by atoms with Crippen LogP contribution in [0.15, 0.2) is 52.9 Å². The minimum absolute atomic E-state index is 0.932. The number of furan rings is 1. The van der Waals surface area contributed by atoms with Crippen LogP contribution in [0.1, 0.15) is 19.4 Å². The first-order valence-corrected chi connectivity index (χ1v) is 7.57. The second-order valence-electron chi connectivity index (χ2n) is 5.37. The molecular formula is C19H21NO. The van der Waals surface area contributed by atoms with E-state index in [1.165, 1.54) is 11.3 Å². The van der Waals surface area contributed by atoms with Gasteiger partial charge in [-0.05, 0) is 62.7 Å². The Morgan fingerprint density at radius 1 is 0.905 bits per heavy atom. The van der Waals surface area contributed by atoms with Crippen LogP contribution in [0.5, 0.6) is 0 Å². The maximum Gasteiger partial charge on any atom is 0.135 e. The highest BCUT2D eigenvalue weighted by molar-refractivity contribution is 5.83. The van der Waals surface area contributed by atoms with Crippen LogP contribution in [0.2, 0.25) is 0 Å². The second kappa shape index (κ2) is 5.65. The zero-order valence-corrected chi connectivity index (χ0v) is 12.9. The molecule has 0 amide bonds. The van der Waals surface area contributed by atoms with Gasteiger partial charge in [-0.1, -0.05) is 12.1 Å². The predicted octanol–water partition coefficient (Wildman–Crippen LogP) is 5.25. The Kier molecular flexibility index (Phi) is 3.70. The molecule has 0 aliphatic carbocycles. The molecule has 1 heterocycles. The van der Waals surface area contributed by atoms with E-state index in [1.807, 2.05) is 0 Å². The molecule has 0 saturated carbocycles. The minimum atomic E-state index is 0.932. The molecule has 0 atom stereocenters. The second-order valence-corrected chi connectivity index (χ2v) is 5.37. The Bertz CT molecular complexity index is 736. The Morgan fingerprint density at radius 2 is 1.62 bits per heavy atom. The summed E-state index contributed by atoms with van der Waals surface area (Å²) in [5.41, 5.74) is 4.56. The third-order valence-corrected chi connectivity index (χ3v) is 3.96. The van der Waals surface area contributed by atoms with Crippen molar-refractivity contribution in [1.82, 2.24) is 0 Å². The van der Waals surface area contributed by atoms with Crippen LogP contribution in [0.4, 0.5) is 5.69 Å². The highest BCUT2D eigenvalue weighted by Crippen LogP contribution is 2.29. The van der Waals surface area contributed by atoms with Gasteiger partial charge in [0.1, 0.15) is 11.3 Å². The largest absolute Gasteiger partial charge is 0.456 e. The van der Waals surface area contributed by atoms with Gasteiger partial charge in [0, 0.05) is 29.7 Å². The number of hydrogen-bond acceptors (Lipinski definition) is 2. The molecule has 21 heavy (non-hydrogen) atoms. The van der Waals surface area contributed by atoms with Crippen molar-refractivity contribution in [3.8, 4) is 11.3 Å². The third kappa shape index (κ3) is 2.66. The number of hydrogen-bond donors (Lipinski definition) is 0. The fraction of sp³-hybridized carbons (Fsp3) is 0.263. The monoisotopic (exact) mass is 279 g/mol. The van der Waals surface area contributed by atoms with Gasteiger partial charge in [-0.25, -0.2) is 0 Å². The fourth-order valence-electron chi connectivity index (χ4n) is 2.71. The number of nitrogens with zero attached hydrogens (tertiary/aromatic N) is 1. The number of anilines is 1. The molecule has 0 saturated heterocycles. The Balaban J connectivity index is 1.95. The Labute approximate surface area is 126 Å². The first-order valence-electron chi connectivity index (χ1n) is 7.57. The van der Waals surface area contributed by atoms with Gasteiger partial charge >= 0.3 is 0 Å². The summed E-state index contributed by atoms with van der Waals surface area (Å²) in [5, 5.41) is 1.16. The first-order chi connectivity index (χ1) is 10.2. The lowest BCUT2D eigenvalue weighted by molar-refractivity contribution is 0.631. The quantitative estimate of drug-likeness (QED) is 0.648. The molecule has 2 aromatic carbocycles. The van der Waals surface area contributed by atoms with Gasteiger partial charge < -0.3 is 9.32 Å². The van der Waals surface area contributed by atoms with E-state index in [1.54, 1.807) is 0 Å². The van der Waals surface area contributed by atoms with Gasteiger partial charge in [-0.2, -0.15) is 0 Å². The van der Waals surface area contributed by atoms with Crippen LogP contribution in [0, 0.1) is 6.92 Å². The standard InChI is InChI=1S/C19H21NO/c1-4-20(5-2)17-10-8-15(9-11-17)19-13-16-7-6-14(3)12-18(16)21-19/h6-13H,4-5H2,1-3H3. The molecule has 3 rings (SSSR count). The number of benzene rings is 2. The summed E-state index contributed by atoms with van der Waals surface area (Å²) >= 11 is 0. The third-order valence-electron chi connectivity index (χ3n) is 3.96. The number of aryl methyl sites for hydroxylation is 1. The zero-order chi connectivity index (χ0) is 14.8. The maximum atomic E-state index is 5.97. The molecule has 2 heteroatoms. The molecule has 2 nitrogen and oxygen atoms in total. The van der Waals surface area contributed by atoms with Crippen molar-refractivity contribution in [2.45, 2.75) is 20.8 Å². The van der Waals surface area contributed by atoms with Crippen molar-refractivity contribution >= 4 is 16.7 Å². The van der Waals surface area contributed by atoms with Crippen LogP contribution in [0.25, 0.3) is 22.3 Å². The Hall–Kier alpha value is -2.22. The van der Waals surface area contributed by atoms with E-state index >= 15 is 0 Å². The van der Waals surface area contributed by atoms with Crippen molar-refractivity contribution < 1.29 is 4.42 Å². The molecule has 0 unspecified atom stereocenters. The number of rotatable bonds is 4. The molecule has 3 aromatic rings. The van der Waals surface area contributed by atoms with Gasteiger partial charge in [-0.3, -0.25) is 0 Å². The lowest BCUT2D eigenvalue weighted by Crippen LogP contribution is -2.21. The topological polar surface area (TPSA) is 16.4 Å². The van der Waals surface area contributed by atoms with E-state index in [2.05, 4.69) is 74.2 Å². The molecule has 0 radical (unpaired) electrons. The van der Waals surface area contributed by atoms with E-state index in [0.29, 0.717) is 0 Å². The number of fused-ring (bicyclic) bond motifs is 1. The molecule has 0 fully saturated rings. The summed E-state index contributed by atoms with van der Waals surface area (Å²) in [7, 11) is 0. The molecule has 108 valence electrons. The minimum Gasteiger partial charge on any atom is -0.456 e. The van der Waals surface area contributed by atoms with Gasteiger partial charge in [0.2, 0.25) is 0 Å². The molecule has 0 bridgehead atoms. The first kappa shape index (κ1) is 13.7. The van der Waals surface area contributed by atoms with Gasteiger partial charge in [0.15, 0.2) is 0 Å². The van der Waals surface area contributed by atoms with Crippen molar-refractivity contribution in [3.05, 3.63) is 54.1 Å². The molecule has 0 aliphatic rings. The summed E-state index contributed by atoms with van der Waals surface area (Å²) in [6.07, 6.45) is 0. The fourth-order valence-corrected chi connectivity index (χ4v) is 2.71. The summed E-state index contributed by atoms with van der Waals surface area (Å²) in [6, 6.07) is 17.0. The van der Waals surface area contributed by atoms with Crippen LogP contribution in [-0.4, -0.2) is 13.1 Å². The highest BCUT2D eigenvalue weighted by Gasteiger charge is 2.07. The van der Waals surface area contributed by atoms with Crippen molar-refractivity contribution in [3.63, 3.8) is 0 Å². The van der Waals surface area contributed by atoms with Crippen LogP contribution in [-0.2, 0) is 0 Å². The van der Waals surface area contributed by atoms with Gasteiger partial charge in [-0.15, -0.1) is 0 Å². The molecule has 0 N–H and O–H groups in total. The molecular weight excluding hydrogens is 258 g/mol. The molecule has 0 spiro atoms. The Morgan fingerprint density at radius 3 is 2.29 bits per heavy atom. The highest BCUT2D eigenvalue weighted by atomic mass is 16.3. The average molecular weight is 279 g/mol. The van der Waals surface area contributed by atoms with Crippen LogP contribution in [0.3, 0.4) is 0 Å². The van der Waals surface area contributed by atoms with Crippen molar-refractivity contribution in [2.24, 2.45) is 0 Å². The van der Waals surface area contributed by atoms with E-state index in [0.717, 1.165) is 35.4 Å². The van der Waals surface area contributed by atoms with Crippen molar-refractivity contribution in [1.29, 1.82) is 0 Å². The predicted molar refractivity (Wildman–Crippen MR) is 89.9 cm³/mol. The molecule has 0 aliphatic heterocycles. The molecule has 1 aromatic heterocycles. The summed E-state index contributed by atoms with van der Waals surface area (Å²) < 4.78 is 5.97. The average Bonchev–Trinajstić information content (AvgIpc) is 2.92. The van der Waals surface area contributed by atoms with E-state index < -0.39 is 0 Å². The van der Waals surface area contributed by atoms with Crippen molar-refractivity contribution in [2.75, 3.05) is 18.0 Å². The van der Waals surface area contributed by atoms with E-state index in [9.17, 15) is 0 Å². The van der Waals surface area contributed by atoms with Crippen LogP contribution >= 0.6 is 0 Å². The van der Waals surface area contributed by atoms with E-state index in [-0.39, 0.29) is 0 Å². The van der Waals surface area contributed by atoms with Gasteiger partial charge in [0.25, 0.3) is 0 Å². The lowest BCUT2D eigenvalue weighted by atomic mass is 10.1. The smallest absolute Gasteiger partial charge is 0.135 e. The summed E-state index contributed by atoms with van der Waals surface area (Å²) in [6.45, 7) is 8.50. The lowest BCUT2D eigenvalue weighted by Gasteiger charge is -2.20. The van der Waals surface area contributed by atoms with E-state index in [4.69, 9.17) is 4.42 Å². The van der Waals surface area contributed by atoms with Gasteiger partial charge in [0.05, 0.1) is 0 Å². The van der Waals surface area contributed by atoms with Crippen LogP contribution < -0.4 is 4.90 Å². The normalized spacial score (nSPS) is 11.0. The zero-order valence-electron chi connectivity index (χ0n) is 12.9. The summed E-state index contributed by atoms with van der Waals surface area (Å²) in [4.78, 5) is 2.34. The SMILES string of the molecule is CCN(CC)c1ccc(-c2cc3ccc(C)cc3o2)cc1.